The van der Waals surface area contributed by atoms with Gasteiger partial charge in [0.15, 0.2) is 11.5 Å². The summed E-state index contributed by atoms with van der Waals surface area (Å²) in [6, 6.07) is 4.65. The quantitative estimate of drug-likeness (QED) is 0.463. The number of para-hydroxylation sites is 1. The molecule has 0 aliphatic rings. The van der Waals surface area contributed by atoms with E-state index in [1.807, 2.05) is 0 Å². The fourth-order valence-corrected chi connectivity index (χ4v) is 1.29. The van der Waals surface area contributed by atoms with Crippen LogP contribution in [0.15, 0.2) is 18.2 Å². The number of nitrogens with zero attached hydrogens (tertiary/aromatic N) is 2. The number of carboxylic acid groups (broad SMARTS) is 1. The van der Waals surface area contributed by atoms with Crippen LogP contribution in [0.2, 0.25) is 0 Å². The van der Waals surface area contributed by atoms with Gasteiger partial charge in [0.05, 0.1) is 14.2 Å². The zero-order chi connectivity index (χ0) is 12.1. The maximum Gasteiger partial charge on any atom is 0.420 e. The molecule has 0 saturated carbocycles. The number of hydrogen-bond acceptors (Lipinski definition) is 3. The second-order valence-corrected chi connectivity index (χ2v) is 2.79. The Morgan fingerprint density at radius 1 is 1.38 bits per heavy atom. The maximum atomic E-state index is 10.8. The van der Waals surface area contributed by atoms with E-state index >= 15 is 0 Å². The third kappa shape index (κ3) is 2.02. The summed E-state index contributed by atoms with van der Waals surface area (Å²) in [5, 5.41) is 8.82. The van der Waals surface area contributed by atoms with Crippen LogP contribution in [0.4, 0.5) is 0 Å². The third-order valence-electron chi connectivity index (χ3n) is 1.96. The molecular formula is C10H10N2O4. The van der Waals surface area contributed by atoms with Crippen LogP contribution in [0.3, 0.4) is 0 Å². The number of aliphatic carboxylic acids is 1. The Labute approximate surface area is 91.7 Å². The fraction of sp³-hybridized carbons (Fsp3) is 0.200. The molecule has 6 nitrogen and oxygen atoms in total. The van der Waals surface area contributed by atoms with Crippen LogP contribution in [0.25, 0.3) is 5.53 Å². The van der Waals surface area contributed by atoms with Crippen molar-refractivity contribution in [1.82, 2.24) is 0 Å². The van der Waals surface area contributed by atoms with Crippen LogP contribution in [0.5, 0.6) is 11.5 Å². The van der Waals surface area contributed by atoms with E-state index in [4.69, 9.17) is 20.1 Å². The molecule has 0 unspecified atom stereocenters. The molecule has 1 aromatic rings. The molecule has 0 heterocycles. The second-order valence-electron chi connectivity index (χ2n) is 2.79. The monoisotopic (exact) mass is 222 g/mol. The Balaban J connectivity index is 3.44. The van der Waals surface area contributed by atoms with Gasteiger partial charge in [-0.25, -0.2) is 4.79 Å². The molecule has 0 aromatic heterocycles. The molecule has 0 aliphatic carbocycles. The highest BCUT2D eigenvalue weighted by Crippen LogP contribution is 2.30. The average molecular weight is 222 g/mol. The summed E-state index contributed by atoms with van der Waals surface area (Å²) in [5.41, 5.74) is 8.29. The minimum Gasteiger partial charge on any atom is -0.493 e. The third-order valence-corrected chi connectivity index (χ3v) is 1.96. The van der Waals surface area contributed by atoms with Crippen molar-refractivity contribution in [3.8, 4) is 11.5 Å². The molecular weight excluding hydrogens is 212 g/mol. The fourth-order valence-electron chi connectivity index (χ4n) is 1.29. The summed E-state index contributed by atoms with van der Waals surface area (Å²) in [7, 11) is 2.80. The zero-order valence-electron chi connectivity index (χ0n) is 8.80. The van der Waals surface area contributed by atoms with Crippen molar-refractivity contribution >= 4 is 11.7 Å². The lowest BCUT2D eigenvalue weighted by Gasteiger charge is -2.08. The zero-order valence-corrected chi connectivity index (χ0v) is 8.80. The van der Waals surface area contributed by atoms with Crippen molar-refractivity contribution in [3.05, 3.63) is 29.3 Å². The molecule has 1 rings (SSSR count). The summed E-state index contributed by atoms with van der Waals surface area (Å²) in [6.07, 6.45) is 0. The second kappa shape index (κ2) is 4.95. The predicted octanol–water partition coefficient (Wildman–Crippen LogP) is 0.807. The van der Waals surface area contributed by atoms with Crippen LogP contribution >= 0.6 is 0 Å². The molecule has 0 aliphatic heterocycles. The van der Waals surface area contributed by atoms with E-state index in [0.717, 1.165) is 0 Å². The minimum absolute atomic E-state index is 0.150. The van der Waals surface area contributed by atoms with E-state index in [1.54, 1.807) is 12.1 Å². The molecule has 0 amide bonds. The van der Waals surface area contributed by atoms with Crippen molar-refractivity contribution in [3.63, 3.8) is 0 Å². The van der Waals surface area contributed by atoms with Crippen LogP contribution in [-0.2, 0) is 4.79 Å². The highest BCUT2D eigenvalue weighted by atomic mass is 16.5. The van der Waals surface area contributed by atoms with Gasteiger partial charge >= 0.3 is 11.7 Å². The number of carbonyl (C=O) groups is 1. The first kappa shape index (κ1) is 11.7. The molecule has 6 heteroatoms. The number of hydrogen-bond donors (Lipinski definition) is 1. The Kier molecular flexibility index (Phi) is 3.63. The lowest BCUT2D eigenvalue weighted by atomic mass is 10.1. The lowest BCUT2D eigenvalue weighted by Crippen LogP contribution is -2.16. The molecule has 1 aromatic carbocycles. The summed E-state index contributed by atoms with van der Waals surface area (Å²) in [5.74, 6) is -0.781. The van der Waals surface area contributed by atoms with Crippen LogP contribution in [0.1, 0.15) is 5.56 Å². The molecule has 0 atom stereocenters. The van der Waals surface area contributed by atoms with Gasteiger partial charge in [0.1, 0.15) is 5.56 Å². The first-order chi connectivity index (χ1) is 7.65. The van der Waals surface area contributed by atoms with Crippen molar-refractivity contribution < 1.29 is 24.2 Å². The molecule has 84 valence electrons. The molecule has 0 spiro atoms. The van der Waals surface area contributed by atoms with Crippen LogP contribution in [0, 0.1) is 0 Å². The van der Waals surface area contributed by atoms with Gasteiger partial charge in [-0.15, -0.1) is 0 Å². The van der Waals surface area contributed by atoms with Gasteiger partial charge in [-0.2, -0.15) is 4.79 Å². The predicted molar refractivity (Wildman–Crippen MR) is 54.9 cm³/mol. The topological polar surface area (TPSA) is 92.2 Å². The Hall–Kier alpha value is -2.33. The van der Waals surface area contributed by atoms with E-state index in [9.17, 15) is 4.79 Å². The Morgan fingerprint density at radius 2 is 2.06 bits per heavy atom. The van der Waals surface area contributed by atoms with Crippen molar-refractivity contribution in [2.24, 2.45) is 0 Å². The van der Waals surface area contributed by atoms with Crippen molar-refractivity contribution in [2.45, 2.75) is 0 Å². The number of methoxy groups -OCH3 is 2. The SMILES string of the molecule is COc1cccc(C(=[N+]=[N-])C(=O)O)c1OC. The molecule has 0 radical (unpaired) electrons. The lowest BCUT2D eigenvalue weighted by molar-refractivity contribution is -0.133. The van der Waals surface area contributed by atoms with Gasteiger partial charge in [-0.1, -0.05) is 6.07 Å². The normalized spacial score (nSPS) is 9.12. The summed E-state index contributed by atoms with van der Waals surface area (Å²) in [6.45, 7) is 0. The number of benzene rings is 1. The summed E-state index contributed by atoms with van der Waals surface area (Å²) < 4.78 is 10.0. The largest absolute Gasteiger partial charge is 0.493 e. The average Bonchev–Trinajstić information content (AvgIpc) is 2.29. The highest BCUT2D eigenvalue weighted by Gasteiger charge is 2.27. The van der Waals surface area contributed by atoms with Crippen LogP contribution in [-0.4, -0.2) is 35.8 Å². The van der Waals surface area contributed by atoms with Crippen molar-refractivity contribution in [1.29, 1.82) is 0 Å². The smallest absolute Gasteiger partial charge is 0.420 e. The van der Waals surface area contributed by atoms with Gasteiger partial charge in [-0.3, -0.25) is 0 Å². The van der Waals surface area contributed by atoms with Gasteiger partial charge < -0.3 is 20.1 Å². The van der Waals surface area contributed by atoms with E-state index < -0.39 is 11.7 Å². The summed E-state index contributed by atoms with van der Waals surface area (Å²) in [4.78, 5) is 13.5. The highest BCUT2D eigenvalue weighted by molar-refractivity contribution is 6.40. The number of carboxylic acids is 1. The van der Waals surface area contributed by atoms with Crippen LogP contribution < -0.4 is 9.47 Å². The first-order valence-corrected chi connectivity index (χ1v) is 4.32. The van der Waals surface area contributed by atoms with Gasteiger partial charge in [0, 0.05) is 0 Å². The molecule has 16 heavy (non-hydrogen) atoms. The van der Waals surface area contributed by atoms with E-state index in [0.29, 0.717) is 5.75 Å². The molecule has 0 fully saturated rings. The van der Waals surface area contributed by atoms with E-state index in [-0.39, 0.29) is 11.3 Å². The van der Waals surface area contributed by atoms with Crippen molar-refractivity contribution in [2.75, 3.05) is 14.2 Å². The first-order valence-electron chi connectivity index (χ1n) is 4.32. The molecule has 1 N–H and O–H groups in total. The van der Waals surface area contributed by atoms with Gasteiger partial charge in [0.25, 0.3) is 0 Å². The molecule has 0 bridgehead atoms. The minimum atomic E-state index is -1.35. The van der Waals surface area contributed by atoms with E-state index in [2.05, 4.69) is 4.79 Å². The Bertz CT molecular complexity index is 464. The number of rotatable bonds is 4. The standard InChI is InChI=1S/C10H10N2O4/c1-15-7-5-3-4-6(9(7)16-2)8(12-11)10(13)14/h3-5H,1-2H3,(H,13,14). The number of ether oxygens (including phenoxy) is 2. The Morgan fingerprint density at radius 3 is 2.50 bits per heavy atom. The van der Waals surface area contributed by atoms with E-state index in [1.165, 1.54) is 20.3 Å². The maximum absolute atomic E-state index is 10.8. The summed E-state index contributed by atoms with van der Waals surface area (Å²) >= 11 is 0. The van der Waals surface area contributed by atoms with Gasteiger partial charge in [-0.05, 0) is 12.1 Å². The molecule has 0 saturated heterocycles. The van der Waals surface area contributed by atoms with Gasteiger partial charge in [0.2, 0.25) is 0 Å².